The summed E-state index contributed by atoms with van der Waals surface area (Å²) in [6.07, 6.45) is 3.52. The number of ether oxygens (including phenoxy) is 1. The fourth-order valence-corrected chi connectivity index (χ4v) is 4.59. The third-order valence-corrected chi connectivity index (χ3v) is 6.58. The lowest BCUT2D eigenvalue weighted by Crippen LogP contribution is -2.43. The molecule has 1 amide bonds. The van der Waals surface area contributed by atoms with E-state index in [1.54, 1.807) is 23.0 Å². The van der Waals surface area contributed by atoms with Crippen LogP contribution >= 0.6 is 0 Å². The zero-order valence-corrected chi connectivity index (χ0v) is 20.9. The summed E-state index contributed by atoms with van der Waals surface area (Å²) in [5.41, 5.74) is 5.61. The van der Waals surface area contributed by atoms with E-state index in [1.165, 1.54) is 0 Å². The topological polar surface area (TPSA) is 83.8 Å². The average Bonchev–Trinajstić information content (AvgIpc) is 3.41. The largest absolute Gasteiger partial charge is 0.489 e. The molecule has 1 aliphatic rings. The number of hydrogen-bond acceptors (Lipinski definition) is 6. The summed E-state index contributed by atoms with van der Waals surface area (Å²) in [7, 11) is 0. The van der Waals surface area contributed by atoms with Gasteiger partial charge in [-0.3, -0.25) is 4.79 Å². The third kappa shape index (κ3) is 5.21. The minimum Gasteiger partial charge on any atom is -0.489 e. The van der Waals surface area contributed by atoms with E-state index in [1.807, 2.05) is 72.8 Å². The molecule has 1 aliphatic heterocycles. The lowest BCUT2D eigenvalue weighted by Gasteiger charge is -2.29. The number of carbonyl (C=O) groups excluding carboxylic acids is 1. The van der Waals surface area contributed by atoms with Crippen LogP contribution in [0.15, 0.2) is 97.3 Å². The molecular formula is C30H28N6O2. The molecule has 0 spiro atoms. The van der Waals surface area contributed by atoms with Crippen LogP contribution in [0.5, 0.6) is 5.75 Å². The molecule has 3 aromatic carbocycles. The fourth-order valence-electron chi connectivity index (χ4n) is 4.59. The van der Waals surface area contributed by atoms with E-state index in [4.69, 9.17) is 4.74 Å². The second-order valence-electron chi connectivity index (χ2n) is 9.18. The van der Waals surface area contributed by atoms with Gasteiger partial charge in [0.05, 0.1) is 6.20 Å². The van der Waals surface area contributed by atoms with Crippen molar-refractivity contribution < 1.29 is 9.53 Å². The molecule has 6 rings (SSSR count). The minimum absolute atomic E-state index is 0.267. The van der Waals surface area contributed by atoms with Crippen LogP contribution in [0, 0.1) is 0 Å². The lowest BCUT2D eigenvalue weighted by molar-refractivity contribution is 0.102. The van der Waals surface area contributed by atoms with Crippen LogP contribution in [0.3, 0.4) is 0 Å². The first-order valence-electron chi connectivity index (χ1n) is 12.7. The van der Waals surface area contributed by atoms with Gasteiger partial charge in [0.2, 0.25) is 0 Å². The molecule has 1 fully saturated rings. The van der Waals surface area contributed by atoms with Crippen LogP contribution in [0.1, 0.15) is 16.1 Å². The van der Waals surface area contributed by atoms with Crippen molar-refractivity contribution in [3.63, 3.8) is 0 Å². The molecule has 8 nitrogen and oxygen atoms in total. The molecule has 38 heavy (non-hydrogen) atoms. The molecule has 0 unspecified atom stereocenters. The van der Waals surface area contributed by atoms with E-state index in [0.29, 0.717) is 17.9 Å². The summed E-state index contributed by atoms with van der Waals surface area (Å²) in [6.45, 7) is 4.28. The quantitative estimate of drug-likeness (QED) is 0.336. The van der Waals surface area contributed by atoms with Crippen LogP contribution in [-0.4, -0.2) is 46.7 Å². The van der Waals surface area contributed by atoms with Gasteiger partial charge < -0.3 is 20.3 Å². The molecule has 2 N–H and O–H groups in total. The molecule has 190 valence electrons. The van der Waals surface area contributed by atoms with Gasteiger partial charge in [-0.05, 0) is 47.5 Å². The Bertz CT molecular complexity index is 1560. The van der Waals surface area contributed by atoms with Crippen LogP contribution in [0.2, 0.25) is 0 Å². The van der Waals surface area contributed by atoms with Crippen molar-refractivity contribution in [3.05, 3.63) is 109 Å². The van der Waals surface area contributed by atoms with Gasteiger partial charge in [-0.1, -0.05) is 48.5 Å². The second kappa shape index (κ2) is 10.7. The van der Waals surface area contributed by atoms with E-state index in [2.05, 4.69) is 31.7 Å². The Kier molecular flexibility index (Phi) is 6.70. The van der Waals surface area contributed by atoms with Gasteiger partial charge in [0.1, 0.15) is 18.1 Å². The van der Waals surface area contributed by atoms with E-state index in [9.17, 15) is 4.79 Å². The van der Waals surface area contributed by atoms with Crippen LogP contribution < -0.4 is 20.3 Å². The van der Waals surface area contributed by atoms with Crippen LogP contribution in [0.25, 0.3) is 16.8 Å². The maximum Gasteiger partial charge on any atom is 0.274 e. The Hall–Kier alpha value is -4.69. The van der Waals surface area contributed by atoms with Crippen molar-refractivity contribution in [2.45, 2.75) is 6.61 Å². The highest BCUT2D eigenvalue weighted by Crippen LogP contribution is 2.27. The third-order valence-electron chi connectivity index (χ3n) is 6.58. The van der Waals surface area contributed by atoms with Gasteiger partial charge in [-0.15, -0.1) is 0 Å². The summed E-state index contributed by atoms with van der Waals surface area (Å²) in [4.78, 5) is 20.1. The van der Waals surface area contributed by atoms with Crippen molar-refractivity contribution in [1.82, 2.24) is 19.9 Å². The standard InChI is InChI=1S/C30H28N6O2/c37-30(33-24-9-5-10-25(19-24)35-16-13-31-14-17-35)28-12-15-36-29(34-28)27(20-32-36)23-8-4-11-26(18-23)38-21-22-6-2-1-3-7-22/h1-12,15,18-20,31H,13-14,16-17,21H2,(H,33,37). The van der Waals surface area contributed by atoms with Gasteiger partial charge in [-0.2, -0.15) is 5.10 Å². The highest BCUT2D eigenvalue weighted by atomic mass is 16.5. The Morgan fingerprint density at radius 2 is 1.79 bits per heavy atom. The number of nitrogens with zero attached hydrogens (tertiary/aromatic N) is 4. The number of fused-ring (bicyclic) bond motifs is 1. The molecule has 0 aliphatic carbocycles. The van der Waals surface area contributed by atoms with E-state index < -0.39 is 0 Å². The van der Waals surface area contributed by atoms with Gasteiger partial charge in [0, 0.05) is 49.3 Å². The monoisotopic (exact) mass is 504 g/mol. The molecule has 2 aromatic heterocycles. The summed E-state index contributed by atoms with van der Waals surface area (Å²) in [6, 6.07) is 27.5. The number of amides is 1. The average molecular weight is 505 g/mol. The highest BCUT2D eigenvalue weighted by molar-refractivity contribution is 6.03. The Balaban J connectivity index is 1.21. The SMILES string of the molecule is O=C(Nc1cccc(N2CCNCC2)c1)c1ccn2ncc(-c3cccc(OCc4ccccc4)c3)c2n1. The van der Waals surface area contributed by atoms with Crippen molar-refractivity contribution in [2.75, 3.05) is 36.4 Å². The summed E-state index contributed by atoms with van der Waals surface area (Å²) in [5.74, 6) is 0.487. The highest BCUT2D eigenvalue weighted by Gasteiger charge is 2.15. The number of hydrogen-bond donors (Lipinski definition) is 2. The molecular weight excluding hydrogens is 476 g/mol. The Labute approximate surface area is 220 Å². The van der Waals surface area contributed by atoms with E-state index >= 15 is 0 Å². The number of carbonyl (C=O) groups is 1. The number of aromatic nitrogens is 3. The van der Waals surface area contributed by atoms with Gasteiger partial charge in [0.15, 0.2) is 5.65 Å². The van der Waals surface area contributed by atoms with Crippen molar-refractivity contribution in [2.24, 2.45) is 0 Å². The zero-order valence-electron chi connectivity index (χ0n) is 20.9. The van der Waals surface area contributed by atoms with E-state index in [0.717, 1.165) is 60.0 Å². The fraction of sp³-hybridized carbons (Fsp3) is 0.167. The number of anilines is 2. The molecule has 5 aromatic rings. The van der Waals surface area contributed by atoms with Gasteiger partial charge in [0.25, 0.3) is 5.91 Å². The normalized spacial score (nSPS) is 13.4. The predicted molar refractivity (Wildman–Crippen MR) is 149 cm³/mol. The predicted octanol–water partition coefficient (Wildman–Crippen LogP) is 4.64. The minimum atomic E-state index is -0.267. The summed E-state index contributed by atoms with van der Waals surface area (Å²) in [5, 5.41) is 10.8. The summed E-state index contributed by atoms with van der Waals surface area (Å²) >= 11 is 0. The molecule has 0 bridgehead atoms. The lowest BCUT2D eigenvalue weighted by atomic mass is 10.1. The van der Waals surface area contributed by atoms with Crippen molar-refractivity contribution in [3.8, 4) is 16.9 Å². The molecule has 1 saturated heterocycles. The van der Waals surface area contributed by atoms with Gasteiger partial charge >= 0.3 is 0 Å². The first-order chi connectivity index (χ1) is 18.7. The Morgan fingerprint density at radius 1 is 0.947 bits per heavy atom. The maximum absolute atomic E-state index is 13.1. The van der Waals surface area contributed by atoms with Gasteiger partial charge in [-0.25, -0.2) is 9.50 Å². The number of benzene rings is 3. The smallest absolute Gasteiger partial charge is 0.274 e. The van der Waals surface area contributed by atoms with Crippen LogP contribution in [0.4, 0.5) is 11.4 Å². The molecule has 0 atom stereocenters. The number of piperazine rings is 1. The van der Waals surface area contributed by atoms with Crippen LogP contribution in [-0.2, 0) is 6.61 Å². The first kappa shape index (κ1) is 23.7. The summed E-state index contributed by atoms with van der Waals surface area (Å²) < 4.78 is 7.68. The van der Waals surface area contributed by atoms with Crippen molar-refractivity contribution >= 4 is 22.9 Å². The van der Waals surface area contributed by atoms with E-state index in [-0.39, 0.29) is 5.91 Å². The molecule has 0 saturated carbocycles. The molecule has 8 heteroatoms. The maximum atomic E-state index is 13.1. The first-order valence-corrected chi connectivity index (χ1v) is 12.7. The molecule has 3 heterocycles. The molecule has 0 radical (unpaired) electrons. The zero-order chi connectivity index (χ0) is 25.7. The number of rotatable bonds is 7. The number of nitrogens with one attached hydrogen (secondary N) is 2. The van der Waals surface area contributed by atoms with Crippen molar-refractivity contribution in [1.29, 1.82) is 0 Å². The Morgan fingerprint density at radius 3 is 2.66 bits per heavy atom. The second-order valence-corrected chi connectivity index (χ2v) is 9.18.